The summed E-state index contributed by atoms with van der Waals surface area (Å²) in [6, 6.07) is 17.0. The average Bonchev–Trinajstić information content (AvgIpc) is 3.71. The van der Waals surface area contributed by atoms with Gasteiger partial charge in [0.05, 0.1) is 24.8 Å². The Balaban J connectivity index is 1.06. The maximum absolute atomic E-state index is 14.7. The molecule has 69 heavy (non-hydrogen) atoms. The molecule has 4 bridgehead atoms. The molecule has 2 heterocycles. The lowest BCUT2D eigenvalue weighted by Gasteiger charge is -2.64. The number of nitrogens with zero attached hydrogens (tertiary/aromatic N) is 1. The van der Waals surface area contributed by atoms with E-state index >= 15 is 0 Å². The molecule has 4 fully saturated rings. The number of fused-ring (bicyclic) bond motifs is 2. The van der Waals surface area contributed by atoms with Crippen LogP contribution in [-0.2, 0) is 41.3 Å². The van der Waals surface area contributed by atoms with Gasteiger partial charge < -0.3 is 45.9 Å². The van der Waals surface area contributed by atoms with Crippen LogP contribution in [0, 0.1) is 17.3 Å². The van der Waals surface area contributed by atoms with Gasteiger partial charge in [0, 0.05) is 12.6 Å². The van der Waals surface area contributed by atoms with Gasteiger partial charge in [0.15, 0.2) is 0 Å². The number of hydrogen-bond donors (Lipinski definition) is 5. The molecule has 3 aliphatic carbocycles. The van der Waals surface area contributed by atoms with Gasteiger partial charge in [-0.2, -0.15) is 0 Å². The Kier molecular flexibility index (Phi) is 16.6. The molecule has 8 rings (SSSR count). The molecule has 9 atom stereocenters. The van der Waals surface area contributed by atoms with Crippen LogP contribution in [-0.4, -0.2) is 98.0 Å². The molecule has 5 amide bonds. The summed E-state index contributed by atoms with van der Waals surface area (Å²) in [4.78, 5) is 72.5. The van der Waals surface area contributed by atoms with Gasteiger partial charge >= 0.3 is 7.12 Å². The number of nitrogens with one attached hydrogen (secondary N) is 4. The van der Waals surface area contributed by atoms with Crippen LogP contribution < -0.4 is 31.7 Å². The molecule has 3 saturated carbocycles. The van der Waals surface area contributed by atoms with Crippen LogP contribution in [0.25, 0.3) is 11.1 Å². The fourth-order valence-corrected chi connectivity index (χ4v) is 11.2. The number of amides is 5. The first-order chi connectivity index (χ1) is 33.0. The maximum atomic E-state index is 14.7. The van der Waals surface area contributed by atoms with Gasteiger partial charge in [0.2, 0.25) is 23.6 Å². The van der Waals surface area contributed by atoms with Crippen LogP contribution >= 0.6 is 0 Å². The largest absolute Gasteiger partial charge is 0.496 e. The van der Waals surface area contributed by atoms with Gasteiger partial charge in [0.25, 0.3) is 5.91 Å². The summed E-state index contributed by atoms with van der Waals surface area (Å²) in [6.45, 7) is 12.8. The second kappa shape index (κ2) is 22.2. The zero-order chi connectivity index (χ0) is 49.6. The van der Waals surface area contributed by atoms with E-state index in [1.807, 2.05) is 25.1 Å². The fourth-order valence-electron chi connectivity index (χ4n) is 11.2. The Hall–Kier alpha value is -5.25. The number of carbonyl (C=O) groups excluding carboxylic acids is 5. The fraction of sp³-hybridized carbons (Fsp3) is 0.574. The first kappa shape index (κ1) is 51.6. The van der Waals surface area contributed by atoms with Crippen LogP contribution in [0.4, 0.5) is 0 Å². The molecule has 372 valence electrons. The zero-order valence-electron chi connectivity index (χ0n) is 42.0. The van der Waals surface area contributed by atoms with E-state index in [-0.39, 0.29) is 23.8 Å². The molecule has 15 heteroatoms. The molecule has 5 aliphatic rings. The molecular weight excluding hydrogens is 871 g/mol. The number of likely N-dealkylation sites (N-methyl/N-ethyl adjacent to an activating group) is 1. The third kappa shape index (κ3) is 11.4. The third-order valence-electron chi connectivity index (χ3n) is 15.7. The molecule has 6 N–H and O–H groups in total. The lowest BCUT2D eigenvalue weighted by Crippen LogP contribution is -2.65. The number of unbranched alkanes of at least 4 members (excludes halogenated alkanes) is 2. The lowest BCUT2D eigenvalue weighted by atomic mass is 9.43. The zero-order valence-corrected chi connectivity index (χ0v) is 42.0. The van der Waals surface area contributed by atoms with E-state index < -0.39 is 66.5 Å². The van der Waals surface area contributed by atoms with Crippen LogP contribution in [0.1, 0.15) is 139 Å². The number of rotatable bonds is 16. The number of carbonyl (C=O) groups is 5. The van der Waals surface area contributed by atoms with E-state index in [4.69, 9.17) is 19.8 Å². The van der Waals surface area contributed by atoms with Crippen molar-refractivity contribution < 1.29 is 38.0 Å². The highest BCUT2D eigenvalue weighted by Gasteiger charge is 2.68. The summed E-state index contributed by atoms with van der Waals surface area (Å²) in [5.41, 5.74) is 10.6. The number of hydrogen-bond acceptors (Lipinski definition) is 9. The Morgan fingerprint density at radius 1 is 0.928 bits per heavy atom. The molecule has 1 saturated heterocycles. The minimum absolute atomic E-state index is 0.0425. The van der Waals surface area contributed by atoms with Gasteiger partial charge in [-0.25, -0.2) is 0 Å². The summed E-state index contributed by atoms with van der Waals surface area (Å²) < 4.78 is 18.8. The molecule has 3 aromatic rings. The Morgan fingerprint density at radius 3 is 2.30 bits per heavy atom. The minimum atomic E-state index is -1.20. The predicted molar refractivity (Wildman–Crippen MR) is 268 cm³/mol. The van der Waals surface area contributed by atoms with Gasteiger partial charge in [-0.3, -0.25) is 24.0 Å². The monoisotopic (exact) mass is 947 g/mol. The Labute approximate surface area is 409 Å². The van der Waals surface area contributed by atoms with Crippen LogP contribution in [0.2, 0.25) is 0 Å². The molecule has 2 aliphatic heterocycles. The number of ether oxygens (including phenoxy) is 1. The van der Waals surface area contributed by atoms with Crippen LogP contribution in [0.15, 0.2) is 66.7 Å². The first-order valence-electron chi connectivity index (χ1n) is 25.4. The van der Waals surface area contributed by atoms with Gasteiger partial charge in [-0.15, -0.1) is 0 Å². The van der Waals surface area contributed by atoms with Gasteiger partial charge in [0.1, 0.15) is 29.9 Å². The van der Waals surface area contributed by atoms with E-state index in [2.05, 4.69) is 73.2 Å². The summed E-state index contributed by atoms with van der Waals surface area (Å²) in [5, 5.41) is 11.8. The van der Waals surface area contributed by atoms with Crippen molar-refractivity contribution in [2.24, 2.45) is 23.0 Å². The van der Waals surface area contributed by atoms with Crippen LogP contribution in [0.5, 0.6) is 5.75 Å². The van der Waals surface area contributed by atoms with E-state index in [1.54, 1.807) is 38.3 Å². The van der Waals surface area contributed by atoms with E-state index in [1.165, 1.54) is 17.5 Å². The van der Waals surface area contributed by atoms with E-state index in [0.717, 1.165) is 48.8 Å². The number of nitrogens with two attached hydrogens (primary N) is 1. The van der Waals surface area contributed by atoms with Crippen molar-refractivity contribution in [3.63, 3.8) is 0 Å². The van der Waals surface area contributed by atoms with Crippen molar-refractivity contribution in [1.29, 1.82) is 0 Å². The highest BCUT2D eigenvalue weighted by Crippen LogP contribution is 2.65. The smallest absolute Gasteiger partial charge is 0.481 e. The maximum Gasteiger partial charge on any atom is 0.481 e. The highest BCUT2D eigenvalue weighted by molar-refractivity contribution is 6.47. The normalized spacial score (nSPS) is 26.2. The molecule has 0 spiro atoms. The molecule has 9 unspecified atom stereocenters. The Morgan fingerprint density at radius 2 is 1.64 bits per heavy atom. The first-order valence-corrected chi connectivity index (χ1v) is 25.4. The Bertz CT molecular complexity index is 2310. The molecule has 0 radical (unpaired) electrons. The summed E-state index contributed by atoms with van der Waals surface area (Å²) >= 11 is 0. The highest BCUT2D eigenvalue weighted by atomic mass is 16.7. The van der Waals surface area contributed by atoms with Crippen LogP contribution in [0.3, 0.4) is 0 Å². The topological polar surface area (TPSA) is 190 Å². The molecular formula is C54H75BN6O8. The molecule has 0 aromatic heterocycles. The van der Waals surface area contributed by atoms with Crippen molar-refractivity contribution in [3.8, 4) is 16.9 Å². The van der Waals surface area contributed by atoms with Crippen molar-refractivity contribution in [3.05, 3.63) is 89.0 Å². The summed E-state index contributed by atoms with van der Waals surface area (Å²) in [7, 11) is 2.49. The SMILES string of the molecule is CCCCc1ccc(-c2ccc(C(=O)NC(CCCCN)C(=O)N(C)C3C(=O)NC(C)C(=O)NC(C(=O)NC(C)B4OC5CC6CC(C6(C)C)C5(C)O4)CCCCc4cc3ccc4OC)cc2)cc1. The van der Waals surface area contributed by atoms with Crippen molar-refractivity contribution in [2.45, 2.75) is 160 Å². The van der Waals surface area contributed by atoms with Gasteiger partial charge in [-0.05, 0) is 161 Å². The summed E-state index contributed by atoms with van der Waals surface area (Å²) in [5.74, 6) is -1.34. The summed E-state index contributed by atoms with van der Waals surface area (Å²) in [6.07, 6.45) is 8.92. The molecule has 3 aromatic carbocycles. The van der Waals surface area contributed by atoms with E-state index in [9.17, 15) is 24.0 Å². The minimum Gasteiger partial charge on any atom is -0.496 e. The lowest BCUT2D eigenvalue weighted by molar-refractivity contribution is -0.199. The second-order valence-corrected chi connectivity index (χ2v) is 20.8. The average molecular weight is 947 g/mol. The number of aryl methyl sites for hydroxylation is 2. The van der Waals surface area contributed by atoms with Crippen molar-refractivity contribution >= 4 is 36.7 Å². The van der Waals surface area contributed by atoms with Crippen molar-refractivity contribution in [2.75, 3.05) is 20.7 Å². The predicted octanol–water partition coefficient (Wildman–Crippen LogP) is 6.62. The quantitative estimate of drug-likeness (QED) is 0.0777. The van der Waals surface area contributed by atoms with Crippen molar-refractivity contribution in [1.82, 2.24) is 26.2 Å². The van der Waals surface area contributed by atoms with E-state index in [0.29, 0.717) is 73.8 Å². The number of methoxy groups -OCH3 is 1. The third-order valence-corrected chi connectivity index (χ3v) is 15.7. The number of benzene rings is 3. The molecule has 14 nitrogen and oxygen atoms in total. The van der Waals surface area contributed by atoms with Gasteiger partial charge in [-0.1, -0.05) is 76.1 Å². The standard InChI is InChI=1S/C54H75BN6O8/c1-9-10-15-35-19-21-36(22-20-35)37-23-25-38(26-24-37)49(63)60-43(18-13-14-29-56)52(66)61(7)47-40-27-28-44(67-8)39(30-40)16-11-12-17-42(59-48(62)33(2)57-51(47)65)50(64)58-34(3)55-68-46-32-41-31-45(53(41,4)5)54(46,6)69-55/h19-28,30,33-34,41-43,45-47H,9-18,29,31-32,56H2,1-8H3,(H,57,65)(H,58,64)(H,59,62)(H,60,63). The second-order valence-electron chi connectivity index (χ2n) is 20.8.